The van der Waals surface area contributed by atoms with E-state index < -0.39 is 17.3 Å². The van der Waals surface area contributed by atoms with E-state index in [1.54, 1.807) is 17.9 Å². The van der Waals surface area contributed by atoms with Crippen LogP contribution in [0.25, 0.3) is 5.65 Å². The normalized spacial score (nSPS) is 18.7. The zero-order valence-electron chi connectivity index (χ0n) is 15.4. The molecule has 0 bridgehead atoms. The van der Waals surface area contributed by atoms with Gasteiger partial charge in [-0.15, -0.1) is 0 Å². The Morgan fingerprint density at radius 1 is 1.27 bits per heavy atom. The maximum atomic E-state index is 13.4. The molecule has 1 fully saturated rings. The van der Waals surface area contributed by atoms with Crippen LogP contribution in [-0.4, -0.2) is 38.5 Å². The van der Waals surface area contributed by atoms with Crippen LogP contribution in [0.3, 0.4) is 0 Å². The quantitative estimate of drug-likeness (QED) is 0.813. The highest BCUT2D eigenvalue weighted by Crippen LogP contribution is 2.33. The number of halogens is 3. The summed E-state index contributed by atoms with van der Waals surface area (Å²) < 4.78 is 41.0. The molecule has 1 saturated heterocycles. The summed E-state index contributed by atoms with van der Waals surface area (Å²) in [7, 11) is 0. The first-order valence-electron chi connectivity index (χ1n) is 8.77. The van der Waals surface area contributed by atoms with Crippen LogP contribution in [0.1, 0.15) is 57.1 Å². The lowest BCUT2D eigenvalue weighted by atomic mass is 9.95. The zero-order valence-corrected chi connectivity index (χ0v) is 15.4. The molecule has 0 saturated carbocycles. The van der Waals surface area contributed by atoms with Gasteiger partial charge in [-0.05, 0) is 18.9 Å². The lowest BCUT2D eigenvalue weighted by Crippen LogP contribution is -2.37. The summed E-state index contributed by atoms with van der Waals surface area (Å²) in [5.41, 5.74) is -0.152. The zero-order chi connectivity index (χ0) is 19.3. The van der Waals surface area contributed by atoms with Crippen LogP contribution in [0.15, 0.2) is 12.1 Å². The molecule has 1 aliphatic rings. The Morgan fingerprint density at radius 3 is 2.54 bits per heavy atom. The molecule has 1 unspecified atom stereocenters. The Labute approximate surface area is 150 Å². The fourth-order valence-electron chi connectivity index (χ4n) is 3.29. The third kappa shape index (κ3) is 3.41. The molecule has 1 aliphatic heterocycles. The van der Waals surface area contributed by atoms with Crippen LogP contribution in [-0.2, 0) is 17.4 Å². The molecule has 0 radical (unpaired) electrons. The molecule has 2 aromatic rings. The van der Waals surface area contributed by atoms with Gasteiger partial charge >= 0.3 is 6.18 Å². The van der Waals surface area contributed by atoms with Gasteiger partial charge in [-0.3, -0.25) is 4.79 Å². The SMILES string of the molecule is CCc1cc(C(F)(F)F)n2nc(C3CCN(C(=O)C(C)(C)C)C3)cc2n1. The molecule has 0 aliphatic carbocycles. The van der Waals surface area contributed by atoms with E-state index in [0.717, 1.165) is 10.6 Å². The lowest BCUT2D eigenvalue weighted by Gasteiger charge is -2.25. The van der Waals surface area contributed by atoms with E-state index in [9.17, 15) is 18.0 Å². The summed E-state index contributed by atoms with van der Waals surface area (Å²) in [6.45, 7) is 8.41. The highest BCUT2D eigenvalue weighted by Gasteiger charge is 2.37. The molecule has 0 aromatic carbocycles. The van der Waals surface area contributed by atoms with E-state index >= 15 is 0 Å². The van der Waals surface area contributed by atoms with Gasteiger partial charge in [0.05, 0.1) is 5.69 Å². The number of likely N-dealkylation sites (tertiary alicyclic amines) is 1. The van der Waals surface area contributed by atoms with Crippen LogP contribution in [0.2, 0.25) is 0 Å². The van der Waals surface area contributed by atoms with Crippen molar-refractivity contribution in [2.75, 3.05) is 13.1 Å². The number of fused-ring (bicyclic) bond motifs is 1. The third-order valence-corrected chi connectivity index (χ3v) is 4.69. The van der Waals surface area contributed by atoms with Crippen LogP contribution >= 0.6 is 0 Å². The number of aromatic nitrogens is 3. The largest absolute Gasteiger partial charge is 0.433 e. The maximum absolute atomic E-state index is 13.4. The monoisotopic (exact) mass is 368 g/mol. The number of rotatable bonds is 2. The van der Waals surface area contributed by atoms with Gasteiger partial charge in [-0.25, -0.2) is 9.50 Å². The van der Waals surface area contributed by atoms with Crippen molar-refractivity contribution in [3.05, 3.63) is 29.2 Å². The van der Waals surface area contributed by atoms with Crippen LogP contribution in [0.5, 0.6) is 0 Å². The number of amides is 1. The second kappa shape index (κ2) is 6.25. The molecule has 3 heterocycles. The van der Waals surface area contributed by atoms with Crippen LogP contribution < -0.4 is 0 Å². The summed E-state index contributed by atoms with van der Waals surface area (Å²) in [5, 5.41) is 4.19. The number of carbonyl (C=O) groups excluding carboxylic acids is 1. The lowest BCUT2D eigenvalue weighted by molar-refractivity contribution is -0.142. The van der Waals surface area contributed by atoms with Crippen molar-refractivity contribution in [3.8, 4) is 0 Å². The van der Waals surface area contributed by atoms with Crippen LogP contribution in [0.4, 0.5) is 13.2 Å². The number of nitrogens with zero attached hydrogens (tertiary/aromatic N) is 4. The highest BCUT2D eigenvalue weighted by molar-refractivity contribution is 5.81. The Morgan fingerprint density at radius 2 is 1.96 bits per heavy atom. The van der Waals surface area contributed by atoms with Crippen molar-refractivity contribution < 1.29 is 18.0 Å². The number of aryl methyl sites for hydroxylation is 1. The fourth-order valence-corrected chi connectivity index (χ4v) is 3.29. The van der Waals surface area contributed by atoms with E-state index in [1.165, 1.54) is 0 Å². The molecule has 3 rings (SSSR count). The predicted octanol–water partition coefficient (Wildman–Crippen LogP) is 3.67. The van der Waals surface area contributed by atoms with Gasteiger partial charge in [-0.1, -0.05) is 27.7 Å². The number of hydrogen-bond donors (Lipinski definition) is 0. The van der Waals surface area contributed by atoms with Gasteiger partial charge in [0.2, 0.25) is 5.91 Å². The van der Waals surface area contributed by atoms with E-state index in [0.29, 0.717) is 37.3 Å². The Bertz CT molecular complexity index is 835. The number of carbonyl (C=O) groups is 1. The standard InChI is InChI=1S/C18H23F3N4O/c1-5-12-8-14(18(19,20)21)25-15(22-12)9-13(23-25)11-6-7-24(10-11)16(26)17(2,3)4/h8-9,11H,5-7,10H2,1-4H3. The van der Waals surface area contributed by atoms with Gasteiger partial charge in [0.25, 0.3) is 0 Å². The average molecular weight is 368 g/mol. The summed E-state index contributed by atoms with van der Waals surface area (Å²) in [6, 6.07) is 2.66. The summed E-state index contributed by atoms with van der Waals surface area (Å²) in [5.74, 6) is -0.0275. The van der Waals surface area contributed by atoms with Gasteiger partial charge < -0.3 is 4.90 Å². The molecule has 1 amide bonds. The molecule has 1 atom stereocenters. The highest BCUT2D eigenvalue weighted by atomic mass is 19.4. The molecule has 5 nitrogen and oxygen atoms in total. The summed E-state index contributed by atoms with van der Waals surface area (Å²) >= 11 is 0. The Hall–Kier alpha value is -2.12. The van der Waals surface area contributed by atoms with Crippen molar-refractivity contribution in [1.29, 1.82) is 0 Å². The second-order valence-corrected chi connectivity index (χ2v) is 7.81. The van der Waals surface area contributed by atoms with Crippen LogP contribution in [0, 0.1) is 5.41 Å². The topological polar surface area (TPSA) is 50.5 Å². The first kappa shape index (κ1) is 18.7. The van der Waals surface area contributed by atoms with Crippen molar-refractivity contribution in [3.63, 3.8) is 0 Å². The molecule has 2 aromatic heterocycles. The van der Waals surface area contributed by atoms with Crippen molar-refractivity contribution >= 4 is 11.6 Å². The first-order valence-corrected chi connectivity index (χ1v) is 8.77. The summed E-state index contributed by atoms with van der Waals surface area (Å²) in [4.78, 5) is 18.5. The average Bonchev–Trinajstić information content (AvgIpc) is 3.17. The van der Waals surface area contributed by atoms with Gasteiger partial charge in [0.15, 0.2) is 5.65 Å². The molecular formula is C18H23F3N4O. The minimum Gasteiger partial charge on any atom is -0.342 e. The predicted molar refractivity (Wildman–Crippen MR) is 90.8 cm³/mol. The minimum atomic E-state index is -4.50. The van der Waals surface area contributed by atoms with E-state index in [1.807, 2.05) is 20.8 Å². The minimum absolute atomic E-state index is 0.0474. The van der Waals surface area contributed by atoms with Gasteiger partial charge in [-0.2, -0.15) is 18.3 Å². The molecule has 0 spiro atoms. The van der Waals surface area contributed by atoms with E-state index in [4.69, 9.17) is 0 Å². The van der Waals surface area contributed by atoms with Crippen molar-refractivity contribution in [2.45, 2.75) is 52.6 Å². The number of alkyl halides is 3. The molecule has 26 heavy (non-hydrogen) atoms. The molecule has 142 valence electrons. The Kier molecular flexibility index (Phi) is 4.48. The number of hydrogen-bond acceptors (Lipinski definition) is 3. The Balaban J connectivity index is 1.94. The fraction of sp³-hybridized carbons (Fsp3) is 0.611. The first-order chi connectivity index (χ1) is 12.0. The smallest absolute Gasteiger partial charge is 0.342 e. The third-order valence-electron chi connectivity index (χ3n) is 4.69. The molecule has 8 heteroatoms. The van der Waals surface area contributed by atoms with Gasteiger partial charge in [0.1, 0.15) is 5.69 Å². The second-order valence-electron chi connectivity index (χ2n) is 7.81. The maximum Gasteiger partial charge on any atom is 0.433 e. The van der Waals surface area contributed by atoms with E-state index in [-0.39, 0.29) is 17.5 Å². The van der Waals surface area contributed by atoms with Crippen molar-refractivity contribution in [1.82, 2.24) is 19.5 Å². The molecular weight excluding hydrogens is 345 g/mol. The molecule has 0 N–H and O–H groups in total. The van der Waals surface area contributed by atoms with Crippen molar-refractivity contribution in [2.24, 2.45) is 5.41 Å². The van der Waals surface area contributed by atoms with Gasteiger partial charge in [0, 0.05) is 36.2 Å². The van der Waals surface area contributed by atoms with E-state index in [2.05, 4.69) is 10.1 Å². The summed E-state index contributed by atoms with van der Waals surface area (Å²) in [6.07, 6.45) is -3.40.